The van der Waals surface area contributed by atoms with E-state index in [2.05, 4.69) is 0 Å². The van der Waals surface area contributed by atoms with Gasteiger partial charge in [0.25, 0.3) is 0 Å². The average molecular weight is 406 g/mol. The van der Waals surface area contributed by atoms with Crippen molar-refractivity contribution in [1.29, 1.82) is 0 Å². The van der Waals surface area contributed by atoms with Gasteiger partial charge in [0.15, 0.2) is 5.60 Å². The first-order valence-corrected chi connectivity index (χ1v) is 10.2. The molecule has 3 aliphatic heterocycles. The van der Waals surface area contributed by atoms with E-state index in [-0.39, 0.29) is 31.1 Å². The van der Waals surface area contributed by atoms with Crippen molar-refractivity contribution < 1.29 is 24.5 Å². The van der Waals surface area contributed by atoms with E-state index in [0.29, 0.717) is 29.1 Å². The number of phenols is 1. The minimum atomic E-state index is -1.77. The maximum absolute atomic E-state index is 13.1. The third kappa shape index (κ3) is 2.45. The van der Waals surface area contributed by atoms with Gasteiger partial charge in [-0.1, -0.05) is 13.8 Å². The minimum absolute atomic E-state index is 0.0112. The molecule has 0 saturated carbocycles. The number of rotatable bonds is 2. The standard InChI is InChI=1S/C23H22N2O5/c1-3-14-15-8-13(26)5-6-18(15)24-21-16(14)10-25-19(21)9-17-12(7-20(25)27)11-30-22(28)23(17,29)4-2/h5-6,8-9,26,29H,3-4,7,10-11H2,1-2H3/t23-/m0/s1. The second-order valence-corrected chi connectivity index (χ2v) is 7.97. The molecule has 30 heavy (non-hydrogen) atoms. The van der Waals surface area contributed by atoms with Gasteiger partial charge in [0.2, 0.25) is 5.91 Å². The van der Waals surface area contributed by atoms with Gasteiger partial charge in [-0.25, -0.2) is 9.78 Å². The molecule has 1 amide bonds. The zero-order valence-electron chi connectivity index (χ0n) is 16.9. The molecule has 0 spiro atoms. The first-order valence-electron chi connectivity index (χ1n) is 10.2. The van der Waals surface area contributed by atoms with Gasteiger partial charge in [-0.2, -0.15) is 0 Å². The van der Waals surface area contributed by atoms with E-state index in [9.17, 15) is 19.8 Å². The van der Waals surface area contributed by atoms with Crippen LogP contribution in [0.3, 0.4) is 0 Å². The molecule has 4 heterocycles. The molecule has 0 unspecified atom stereocenters. The zero-order chi connectivity index (χ0) is 21.2. The number of hydrogen-bond acceptors (Lipinski definition) is 6. The molecule has 1 aromatic heterocycles. The molecule has 154 valence electrons. The van der Waals surface area contributed by atoms with Crippen molar-refractivity contribution in [2.75, 3.05) is 6.61 Å². The van der Waals surface area contributed by atoms with Crippen LogP contribution in [0.25, 0.3) is 16.6 Å². The van der Waals surface area contributed by atoms with Crippen LogP contribution in [0.2, 0.25) is 0 Å². The maximum atomic E-state index is 13.1. The highest BCUT2D eigenvalue weighted by Gasteiger charge is 2.47. The molecular weight excluding hydrogens is 384 g/mol. The van der Waals surface area contributed by atoms with Gasteiger partial charge in [-0.05, 0) is 53.8 Å². The predicted octanol–water partition coefficient (Wildman–Crippen LogP) is 2.58. The largest absolute Gasteiger partial charge is 0.508 e. The van der Waals surface area contributed by atoms with Crippen molar-refractivity contribution in [2.45, 2.75) is 45.3 Å². The number of cyclic esters (lactones) is 1. The monoisotopic (exact) mass is 406 g/mol. The molecule has 0 fully saturated rings. The normalized spacial score (nSPS) is 23.0. The molecular formula is C23H22N2O5. The van der Waals surface area contributed by atoms with Crippen LogP contribution in [0.4, 0.5) is 0 Å². The van der Waals surface area contributed by atoms with Gasteiger partial charge in [-0.15, -0.1) is 0 Å². The first-order chi connectivity index (χ1) is 14.4. The highest BCUT2D eigenvalue weighted by molar-refractivity contribution is 5.98. The van der Waals surface area contributed by atoms with Crippen molar-refractivity contribution in [3.63, 3.8) is 0 Å². The van der Waals surface area contributed by atoms with E-state index < -0.39 is 11.6 Å². The Morgan fingerprint density at radius 3 is 2.80 bits per heavy atom. The van der Waals surface area contributed by atoms with E-state index in [1.807, 2.05) is 6.92 Å². The minimum Gasteiger partial charge on any atom is -0.508 e. The molecule has 0 bridgehead atoms. The first kappa shape index (κ1) is 18.8. The van der Waals surface area contributed by atoms with Crippen molar-refractivity contribution in [2.24, 2.45) is 0 Å². The summed E-state index contributed by atoms with van der Waals surface area (Å²) in [6.07, 6.45) is 2.70. The Labute approximate surface area is 173 Å². The summed E-state index contributed by atoms with van der Waals surface area (Å²) in [7, 11) is 0. The molecule has 0 aliphatic carbocycles. The summed E-state index contributed by atoms with van der Waals surface area (Å²) in [4.78, 5) is 32.0. The number of pyridine rings is 1. The molecule has 3 aliphatic rings. The van der Waals surface area contributed by atoms with Crippen LogP contribution < -0.4 is 0 Å². The van der Waals surface area contributed by atoms with Crippen molar-refractivity contribution in [1.82, 2.24) is 9.88 Å². The quantitative estimate of drug-likeness (QED) is 0.744. The van der Waals surface area contributed by atoms with Gasteiger partial charge >= 0.3 is 5.97 Å². The van der Waals surface area contributed by atoms with E-state index in [0.717, 1.165) is 28.5 Å². The number of esters is 1. The van der Waals surface area contributed by atoms with Crippen LogP contribution in [0, 0.1) is 0 Å². The SMILES string of the molecule is CCc1c2c(nc3ccc(O)cc13)C1=CC3=C(COC(=O)[C@]3(O)CC)CC(=O)N1C2. The highest BCUT2D eigenvalue weighted by atomic mass is 16.6. The van der Waals surface area contributed by atoms with Crippen LogP contribution in [-0.2, 0) is 27.3 Å². The Morgan fingerprint density at radius 2 is 2.07 bits per heavy atom. The summed E-state index contributed by atoms with van der Waals surface area (Å²) in [5, 5.41) is 21.9. The Hall–Kier alpha value is -3.19. The number of aryl methyl sites for hydroxylation is 1. The van der Waals surface area contributed by atoms with Gasteiger partial charge < -0.3 is 19.8 Å². The molecule has 7 heteroatoms. The van der Waals surface area contributed by atoms with E-state index in [1.165, 1.54) is 0 Å². The number of ether oxygens (including phenoxy) is 1. The van der Waals surface area contributed by atoms with E-state index in [4.69, 9.17) is 9.72 Å². The lowest BCUT2D eigenvalue weighted by Crippen LogP contribution is -2.45. The van der Waals surface area contributed by atoms with Gasteiger partial charge in [-0.3, -0.25) is 4.79 Å². The number of phenolic OH excluding ortho intramolecular Hbond substituents is 1. The van der Waals surface area contributed by atoms with Crippen LogP contribution in [-0.4, -0.2) is 44.2 Å². The number of benzene rings is 1. The lowest BCUT2D eigenvalue weighted by molar-refractivity contribution is -0.163. The van der Waals surface area contributed by atoms with Gasteiger partial charge in [0.05, 0.1) is 29.9 Å². The summed E-state index contributed by atoms with van der Waals surface area (Å²) >= 11 is 0. The second kappa shape index (κ2) is 6.40. The fourth-order valence-electron chi connectivity index (χ4n) is 4.75. The molecule has 5 rings (SSSR count). The second-order valence-electron chi connectivity index (χ2n) is 7.97. The Balaban J connectivity index is 1.78. The Bertz CT molecular complexity index is 1200. The summed E-state index contributed by atoms with van der Waals surface area (Å²) < 4.78 is 5.17. The fourth-order valence-corrected chi connectivity index (χ4v) is 4.75. The molecule has 0 saturated heterocycles. The number of aromatic nitrogens is 1. The van der Waals surface area contributed by atoms with E-state index >= 15 is 0 Å². The van der Waals surface area contributed by atoms with Crippen LogP contribution in [0.1, 0.15) is 43.5 Å². The third-order valence-electron chi connectivity index (χ3n) is 6.39. The Morgan fingerprint density at radius 1 is 1.27 bits per heavy atom. The van der Waals surface area contributed by atoms with Crippen molar-refractivity contribution in [3.8, 4) is 5.75 Å². The third-order valence-corrected chi connectivity index (χ3v) is 6.39. The summed E-state index contributed by atoms with van der Waals surface area (Å²) in [5.74, 6) is -0.629. The molecule has 1 aromatic carbocycles. The molecule has 2 aromatic rings. The molecule has 2 N–H and O–H groups in total. The smallest absolute Gasteiger partial charge is 0.343 e. The number of carbonyl (C=O) groups excluding carboxylic acids is 2. The molecule has 7 nitrogen and oxygen atoms in total. The number of hydrogen-bond donors (Lipinski definition) is 2. The number of aromatic hydroxyl groups is 1. The van der Waals surface area contributed by atoms with Crippen molar-refractivity contribution >= 4 is 28.5 Å². The summed E-state index contributed by atoms with van der Waals surface area (Å²) in [5.41, 5.74) is 3.31. The Kier molecular flexibility index (Phi) is 4.02. The average Bonchev–Trinajstić information content (AvgIpc) is 3.02. The van der Waals surface area contributed by atoms with Crippen LogP contribution >= 0.6 is 0 Å². The van der Waals surface area contributed by atoms with E-state index in [1.54, 1.807) is 36.1 Å². The number of aliphatic hydroxyl groups is 1. The fraction of sp³-hybridized carbons (Fsp3) is 0.348. The predicted molar refractivity (Wildman–Crippen MR) is 109 cm³/mol. The summed E-state index contributed by atoms with van der Waals surface area (Å²) in [6.45, 7) is 4.14. The number of fused-ring (bicyclic) bond motifs is 4. The summed E-state index contributed by atoms with van der Waals surface area (Å²) in [6, 6.07) is 5.06. The van der Waals surface area contributed by atoms with Gasteiger partial charge in [0.1, 0.15) is 12.4 Å². The zero-order valence-corrected chi connectivity index (χ0v) is 16.9. The highest BCUT2D eigenvalue weighted by Crippen LogP contribution is 2.43. The number of amides is 1. The molecule has 1 atom stereocenters. The number of carbonyl (C=O) groups is 2. The van der Waals surface area contributed by atoms with Gasteiger partial charge in [0, 0.05) is 10.9 Å². The molecule has 0 radical (unpaired) electrons. The number of nitrogens with zero attached hydrogens (tertiary/aromatic N) is 2. The van der Waals surface area contributed by atoms with Crippen LogP contribution in [0.15, 0.2) is 35.4 Å². The lowest BCUT2D eigenvalue weighted by atomic mass is 9.84. The van der Waals surface area contributed by atoms with Crippen LogP contribution in [0.5, 0.6) is 5.75 Å². The maximum Gasteiger partial charge on any atom is 0.343 e. The topological polar surface area (TPSA) is 100.0 Å². The lowest BCUT2D eigenvalue weighted by Gasteiger charge is -2.32. The van der Waals surface area contributed by atoms with Crippen molar-refractivity contribution in [3.05, 3.63) is 52.2 Å².